The minimum absolute atomic E-state index is 0.0883. The number of rotatable bonds is 9. The summed E-state index contributed by atoms with van der Waals surface area (Å²) in [4.78, 5) is 10.6. The van der Waals surface area contributed by atoms with Gasteiger partial charge in [-0.05, 0) is 41.3 Å². The van der Waals surface area contributed by atoms with Gasteiger partial charge in [0.1, 0.15) is 12.4 Å². The van der Waals surface area contributed by atoms with E-state index < -0.39 is 27.7 Å². The molecule has 0 bridgehead atoms. The summed E-state index contributed by atoms with van der Waals surface area (Å²) in [6.07, 6.45) is -2.25. The van der Waals surface area contributed by atoms with Crippen molar-refractivity contribution in [3.63, 3.8) is 0 Å². The summed E-state index contributed by atoms with van der Waals surface area (Å²) >= 11 is 0. The zero-order valence-electron chi connectivity index (χ0n) is 16.8. The number of hydrogen-bond donors (Lipinski definition) is 2. The summed E-state index contributed by atoms with van der Waals surface area (Å²) in [5.41, 5.74) is 0.159. The monoisotopic (exact) mass is 457 g/mol. The third-order valence-electron chi connectivity index (χ3n) is 3.92. The molecule has 0 aliphatic rings. The number of carbonyl (C=O) groups is 1. The van der Waals surface area contributed by atoms with E-state index in [0.717, 1.165) is 24.3 Å². The van der Waals surface area contributed by atoms with Crippen molar-refractivity contribution in [2.24, 2.45) is 5.92 Å². The molecular weight excluding hydrogens is 435 g/mol. The van der Waals surface area contributed by atoms with Crippen LogP contribution in [0.25, 0.3) is 6.08 Å². The van der Waals surface area contributed by atoms with Gasteiger partial charge in [0.2, 0.25) is 10.0 Å². The summed E-state index contributed by atoms with van der Waals surface area (Å²) in [6, 6.07) is 9.04. The fraction of sp³-hybridized carbons (Fsp3) is 0.286. The molecule has 0 radical (unpaired) electrons. The Morgan fingerprint density at radius 3 is 2.35 bits per heavy atom. The second-order valence-corrected chi connectivity index (χ2v) is 8.95. The maximum atomic E-state index is 13.1. The van der Waals surface area contributed by atoms with Crippen molar-refractivity contribution in [3.8, 4) is 5.75 Å². The van der Waals surface area contributed by atoms with Gasteiger partial charge < -0.3 is 9.84 Å². The quantitative estimate of drug-likeness (QED) is 0.529. The second kappa shape index (κ2) is 9.86. The zero-order valence-corrected chi connectivity index (χ0v) is 17.6. The van der Waals surface area contributed by atoms with Crippen molar-refractivity contribution in [2.75, 3.05) is 10.5 Å². The van der Waals surface area contributed by atoms with Crippen molar-refractivity contribution in [3.05, 3.63) is 65.2 Å². The zero-order chi connectivity index (χ0) is 23.2. The van der Waals surface area contributed by atoms with Crippen molar-refractivity contribution < 1.29 is 36.2 Å². The van der Waals surface area contributed by atoms with Crippen LogP contribution in [0.1, 0.15) is 30.5 Å². The van der Waals surface area contributed by atoms with Crippen LogP contribution < -0.4 is 9.46 Å². The molecule has 0 saturated heterocycles. The number of aliphatic carboxylic acids is 1. The Morgan fingerprint density at radius 2 is 1.81 bits per heavy atom. The first-order valence-corrected chi connectivity index (χ1v) is 10.9. The number of benzene rings is 2. The van der Waals surface area contributed by atoms with Crippen LogP contribution >= 0.6 is 0 Å². The molecule has 0 fully saturated rings. The van der Waals surface area contributed by atoms with Gasteiger partial charge in [0, 0.05) is 6.08 Å². The van der Waals surface area contributed by atoms with Crippen molar-refractivity contribution >= 4 is 27.8 Å². The van der Waals surface area contributed by atoms with E-state index in [1.165, 1.54) is 6.08 Å². The first kappa shape index (κ1) is 24.3. The van der Waals surface area contributed by atoms with Crippen molar-refractivity contribution in [1.82, 2.24) is 0 Å². The number of alkyl halides is 3. The van der Waals surface area contributed by atoms with Gasteiger partial charge >= 0.3 is 12.1 Å². The fourth-order valence-electron chi connectivity index (χ4n) is 2.60. The molecule has 2 aromatic carbocycles. The molecule has 31 heavy (non-hydrogen) atoms. The van der Waals surface area contributed by atoms with E-state index in [1.54, 1.807) is 38.1 Å². The average Bonchev–Trinajstić information content (AvgIpc) is 2.64. The molecule has 0 aliphatic carbocycles. The van der Waals surface area contributed by atoms with Gasteiger partial charge in [-0.25, -0.2) is 13.2 Å². The van der Waals surface area contributed by atoms with E-state index >= 15 is 0 Å². The van der Waals surface area contributed by atoms with Gasteiger partial charge in [-0.3, -0.25) is 4.72 Å². The molecule has 6 nitrogen and oxygen atoms in total. The maximum absolute atomic E-state index is 13.1. The number of sulfonamides is 1. The Hall–Kier alpha value is -3.01. The van der Waals surface area contributed by atoms with Crippen LogP contribution in [0.5, 0.6) is 5.75 Å². The third-order valence-corrected chi connectivity index (χ3v) is 5.56. The molecular formula is C21H22F3NO5S. The lowest BCUT2D eigenvalue weighted by Crippen LogP contribution is -2.20. The third kappa shape index (κ3) is 7.97. The second-order valence-electron chi connectivity index (χ2n) is 7.19. The lowest BCUT2D eigenvalue weighted by Gasteiger charge is -2.17. The highest BCUT2D eigenvalue weighted by Crippen LogP contribution is 2.36. The van der Waals surface area contributed by atoms with E-state index in [4.69, 9.17) is 9.84 Å². The van der Waals surface area contributed by atoms with E-state index in [0.29, 0.717) is 11.1 Å². The van der Waals surface area contributed by atoms with Gasteiger partial charge in [-0.1, -0.05) is 38.1 Å². The highest BCUT2D eigenvalue weighted by molar-refractivity contribution is 7.92. The molecule has 0 spiro atoms. The normalized spacial score (nSPS) is 12.3. The summed E-state index contributed by atoms with van der Waals surface area (Å²) in [5.74, 6) is -1.72. The predicted molar refractivity (Wildman–Crippen MR) is 111 cm³/mol. The molecule has 0 heterocycles. The van der Waals surface area contributed by atoms with Crippen LogP contribution in [0.4, 0.5) is 18.9 Å². The van der Waals surface area contributed by atoms with Crippen LogP contribution in [-0.4, -0.2) is 25.2 Å². The molecule has 168 valence electrons. The summed E-state index contributed by atoms with van der Waals surface area (Å²) in [5, 5.41) is 8.64. The topological polar surface area (TPSA) is 92.7 Å². The molecule has 2 aromatic rings. The Kier molecular flexibility index (Phi) is 7.72. The first-order chi connectivity index (χ1) is 14.4. The summed E-state index contributed by atoms with van der Waals surface area (Å²) in [6.45, 7) is 3.29. The van der Waals surface area contributed by atoms with Crippen molar-refractivity contribution in [1.29, 1.82) is 0 Å². The van der Waals surface area contributed by atoms with Gasteiger partial charge in [0.25, 0.3) is 0 Å². The number of anilines is 1. The highest BCUT2D eigenvalue weighted by atomic mass is 32.2. The van der Waals surface area contributed by atoms with Gasteiger partial charge in [-0.15, -0.1) is 0 Å². The van der Waals surface area contributed by atoms with E-state index in [2.05, 4.69) is 4.72 Å². The first-order valence-electron chi connectivity index (χ1n) is 9.20. The summed E-state index contributed by atoms with van der Waals surface area (Å²) < 4.78 is 71.6. The lowest BCUT2D eigenvalue weighted by atomic mass is 10.1. The molecule has 0 saturated carbocycles. The maximum Gasteiger partial charge on any atom is 0.416 e. The summed E-state index contributed by atoms with van der Waals surface area (Å²) in [7, 11) is -3.77. The smallest absolute Gasteiger partial charge is 0.416 e. The number of carboxylic acids is 1. The minimum atomic E-state index is -4.62. The van der Waals surface area contributed by atoms with Crippen LogP contribution in [0.15, 0.2) is 48.5 Å². The van der Waals surface area contributed by atoms with Crippen LogP contribution in [0.2, 0.25) is 0 Å². The standard InChI is InChI=1S/C21H22F3NO5S/c1-14(2)13-31(28,29)25-18-9-8-17(21(22,23)24)11-19(18)30-12-16-5-3-15(4-6-16)7-10-20(26)27/h3-11,14,25H,12-13H2,1-2H3,(H,26,27). The average molecular weight is 457 g/mol. The molecule has 0 aromatic heterocycles. The van der Waals surface area contributed by atoms with Gasteiger partial charge in [0.05, 0.1) is 17.0 Å². The van der Waals surface area contributed by atoms with E-state index in [1.807, 2.05) is 0 Å². The van der Waals surface area contributed by atoms with Crippen LogP contribution in [0, 0.1) is 5.92 Å². The largest absolute Gasteiger partial charge is 0.487 e. The Labute approximate surface area is 178 Å². The van der Waals surface area contributed by atoms with E-state index in [9.17, 15) is 26.4 Å². The number of halogens is 3. The fourth-order valence-corrected chi connectivity index (χ4v) is 4.07. The Balaban J connectivity index is 2.25. The molecule has 10 heteroatoms. The van der Waals surface area contributed by atoms with Crippen LogP contribution in [-0.2, 0) is 27.6 Å². The number of hydrogen-bond acceptors (Lipinski definition) is 4. The molecule has 0 aliphatic heterocycles. The molecule has 0 unspecified atom stereocenters. The molecule has 0 amide bonds. The van der Waals surface area contributed by atoms with Gasteiger partial charge in [0.15, 0.2) is 0 Å². The Morgan fingerprint density at radius 1 is 1.16 bits per heavy atom. The van der Waals surface area contributed by atoms with E-state index in [-0.39, 0.29) is 29.7 Å². The highest BCUT2D eigenvalue weighted by Gasteiger charge is 2.31. The van der Waals surface area contributed by atoms with Crippen LogP contribution in [0.3, 0.4) is 0 Å². The molecule has 2 N–H and O–H groups in total. The van der Waals surface area contributed by atoms with Gasteiger partial charge in [-0.2, -0.15) is 13.2 Å². The molecule has 0 atom stereocenters. The molecule has 2 rings (SSSR count). The lowest BCUT2D eigenvalue weighted by molar-refractivity contribution is -0.137. The number of ether oxygens (including phenoxy) is 1. The number of nitrogens with one attached hydrogen (secondary N) is 1. The van der Waals surface area contributed by atoms with Crippen molar-refractivity contribution in [2.45, 2.75) is 26.6 Å². The SMILES string of the molecule is CC(C)CS(=O)(=O)Nc1ccc(C(F)(F)F)cc1OCc1ccc(C=CC(=O)O)cc1. The minimum Gasteiger partial charge on any atom is -0.487 e. The predicted octanol–water partition coefficient (Wildman–Crippen LogP) is 4.78. The Bertz CT molecular complexity index is 1050. The number of carboxylic acid groups (broad SMARTS) is 1.